The lowest BCUT2D eigenvalue weighted by molar-refractivity contribution is -0.571. The van der Waals surface area contributed by atoms with E-state index in [4.69, 9.17) is 30.0 Å². The maximum atomic E-state index is 9.10. The second kappa shape index (κ2) is 15.9. The molecular weight excluding hydrogens is 799 g/mol. The maximum Gasteiger partial charge on any atom is 0.371 e. The normalized spacial score (nSPS) is 13.8. The number of rotatable bonds is 8. The average molecular weight is 850 g/mol. The summed E-state index contributed by atoms with van der Waals surface area (Å²) in [5.74, 6) is 1.62. The van der Waals surface area contributed by atoms with E-state index in [1.165, 1.54) is 0 Å². The van der Waals surface area contributed by atoms with Crippen LogP contribution in [0.15, 0.2) is 194 Å². The third kappa shape index (κ3) is 7.15. The Morgan fingerprint density at radius 1 is 0.631 bits per heavy atom. The lowest BCUT2D eigenvalue weighted by atomic mass is 9.88. The number of ether oxygens (including phenoxy) is 1. The molecular formula is C57H41N7O. The van der Waals surface area contributed by atoms with Gasteiger partial charge in [0.2, 0.25) is 0 Å². The van der Waals surface area contributed by atoms with Gasteiger partial charge in [0, 0.05) is 28.6 Å². The Hall–Kier alpha value is -8.67. The summed E-state index contributed by atoms with van der Waals surface area (Å²) in [6.07, 6.45) is 8.38. The molecule has 0 saturated heterocycles. The summed E-state index contributed by atoms with van der Waals surface area (Å²) in [5, 5.41) is 2.04. The standard InChI is InChI=1S/C57H41N7O/c1-57(2,3)42-28-29-59-54(32-42)64-50-23-12-11-20-48(50)49-27-26-44(34-53(49)64)65-45-31-40(41-35-60-56(58-4)61-36-41)30-43(33-45)62-37-63(52-25-14-13-24-51(52)62)55-46(38-16-7-5-8-17-38)21-15-22-47(55)39-18-9-6-10-19-39/h5-36H,1-3H3/i5D,6D,7D,8D,9D,10D,16D,17D,18D,19D. The summed E-state index contributed by atoms with van der Waals surface area (Å²) in [5.41, 5.74) is 5.60. The van der Waals surface area contributed by atoms with Gasteiger partial charge >= 0.3 is 5.95 Å². The number of fused-ring (bicyclic) bond motifs is 4. The predicted molar refractivity (Wildman–Crippen MR) is 259 cm³/mol. The van der Waals surface area contributed by atoms with Gasteiger partial charge in [-0.2, -0.15) is 9.97 Å². The Balaban J connectivity index is 1.15. The molecule has 0 aliphatic carbocycles. The lowest BCUT2D eigenvalue weighted by Gasteiger charge is -2.20. The van der Waals surface area contributed by atoms with Gasteiger partial charge in [0.25, 0.3) is 6.33 Å². The molecule has 0 amide bonds. The molecule has 0 unspecified atom stereocenters. The van der Waals surface area contributed by atoms with Crippen LogP contribution in [0.1, 0.15) is 40.0 Å². The van der Waals surface area contributed by atoms with Crippen molar-refractivity contribution in [3.05, 3.63) is 218 Å². The van der Waals surface area contributed by atoms with E-state index in [1.807, 2.05) is 72.9 Å². The molecule has 0 atom stereocenters. The second-order valence-corrected chi connectivity index (χ2v) is 16.3. The Kier molecular flexibility index (Phi) is 7.24. The average Bonchev–Trinajstić information content (AvgIpc) is 3.96. The largest absolute Gasteiger partial charge is 0.458 e. The highest BCUT2D eigenvalue weighted by molar-refractivity contribution is 6.09. The minimum atomic E-state index is -0.592. The van der Waals surface area contributed by atoms with Gasteiger partial charge in [-0.1, -0.05) is 142 Å². The molecule has 65 heavy (non-hydrogen) atoms. The van der Waals surface area contributed by atoms with Crippen LogP contribution in [0.3, 0.4) is 0 Å². The minimum Gasteiger partial charge on any atom is -0.458 e. The van der Waals surface area contributed by atoms with E-state index in [9.17, 15) is 0 Å². The van der Waals surface area contributed by atoms with Gasteiger partial charge in [0.1, 0.15) is 17.3 Å². The second-order valence-electron chi connectivity index (χ2n) is 16.3. The van der Waals surface area contributed by atoms with E-state index in [2.05, 4.69) is 64.7 Å². The molecule has 4 heterocycles. The van der Waals surface area contributed by atoms with Crippen molar-refractivity contribution in [1.82, 2.24) is 24.1 Å². The molecule has 0 spiro atoms. The predicted octanol–water partition coefficient (Wildman–Crippen LogP) is 13.6. The van der Waals surface area contributed by atoms with Gasteiger partial charge in [-0.25, -0.2) is 4.98 Å². The van der Waals surface area contributed by atoms with E-state index >= 15 is 0 Å². The van der Waals surface area contributed by atoms with Crippen LogP contribution in [0.25, 0.3) is 88.3 Å². The Morgan fingerprint density at radius 3 is 2.02 bits per heavy atom. The molecule has 4 aromatic heterocycles. The topological polar surface area (TPSA) is 66.0 Å². The molecule has 0 aliphatic heterocycles. The summed E-state index contributed by atoms with van der Waals surface area (Å²) in [6, 6.07) is 30.2. The highest BCUT2D eigenvalue weighted by Crippen LogP contribution is 2.39. The van der Waals surface area contributed by atoms with Gasteiger partial charge in [-0.15, -0.1) is 6.57 Å². The fourth-order valence-corrected chi connectivity index (χ4v) is 8.24. The lowest BCUT2D eigenvalue weighted by Crippen LogP contribution is -2.31. The fourth-order valence-electron chi connectivity index (χ4n) is 8.24. The molecule has 0 fully saturated rings. The third-order valence-electron chi connectivity index (χ3n) is 11.3. The van der Waals surface area contributed by atoms with Gasteiger partial charge in [-0.05, 0) is 87.3 Å². The first kappa shape index (κ1) is 29.6. The number of hydrogen-bond acceptors (Lipinski definition) is 4. The summed E-state index contributed by atoms with van der Waals surface area (Å²) in [6.45, 7) is 14.0. The summed E-state index contributed by atoms with van der Waals surface area (Å²) in [4.78, 5) is 16.8. The van der Waals surface area contributed by atoms with Gasteiger partial charge in [0.05, 0.1) is 59.5 Å². The first-order valence-corrected chi connectivity index (χ1v) is 20.7. The van der Waals surface area contributed by atoms with Gasteiger partial charge in [-0.3, -0.25) is 13.7 Å². The van der Waals surface area contributed by atoms with Crippen molar-refractivity contribution in [3.8, 4) is 62.1 Å². The Morgan fingerprint density at radius 2 is 1.31 bits per heavy atom. The Labute approximate surface area is 390 Å². The first-order valence-electron chi connectivity index (χ1n) is 25.7. The van der Waals surface area contributed by atoms with Crippen molar-refractivity contribution >= 4 is 38.8 Å². The molecule has 11 rings (SSSR count). The minimum absolute atomic E-state index is 0.0314. The van der Waals surface area contributed by atoms with Crippen LogP contribution in [0, 0.1) is 12.9 Å². The molecule has 0 saturated carbocycles. The van der Waals surface area contributed by atoms with E-state index in [0.717, 1.165) is 33.2 Å². The molecule has 0 N–H and O–H groups in total. The number of hydrogen-bond donors (Lipinski definition) is 0. The van der Waals surface area contributed by atoms with Crippen molar-refractivity contribution in [2.75, 3.05) is 0 Å². The zero-order valence-corrected chi connectivity index (χ0v) is 35.2. The maximum absolute atomic E-state index is 9.10. The van der Waals surface area contributed by atoms with E-state index in [1.54, 1.807) is 51.9 Å². The van der Waals surface area contributed by atoms with Crippen LogP contribution in [0.4, 0.5) is 5.95 Å². The van der Waals surface area contributed by atoms with E-state index in [-0.39, 0.29) is 39.3 Å². The van der Waals surface area contributed by atoms with Crippen molar-refractivity contribution in [1.29, 1.82) is 0 Å². The molecule has 8 heteroatoms. The summed E-state index contributed by atoms with van der Waals surface area (Å²) >= 11 is 0. The molecule has 310 valence electrons. The Bertz CT molecular complexity index is 4090. The highest BCUT2D eigenvalue weighted by atomic mass is 16.5. The van der Waals surface area contributed by atoms with Crippen LogP contribution < -0.4 is 9.30 Å². The number of benzene rings is 7. The zero-order valence-electron chi connectivity index (χ0n) is 45.2. The molecule has 8 nitrogen and oxygen atoms in total. The highest BCUT2D eigenvalue weighted by Gasteiger charge is 2.22. The monoisotopic (exact) mass is 849 g/mol. The number of aromatic nitrogens is 6. The van der Waals surface area contributed by atoms with E-state index < -0.39 is 60.4 Å². The molecule has 0 bridgehead atoms. The zero-order chi connectivity index (χ0) is 52.8. The molecule has 0 radical (unpaired) electrons. The van der Waals surface area contributed by atoms with Crippen LogP contribution in [0.2, 0.25) is 0 Å². The van der Waals surface area contributed by atoms with Crippen LogP contribution in [-0.2, 0) is 5.41 Å². The SMILES string of the molecule is [2H]c1c([2H])c([2H])c(-c2cccc(-c3c([2H])c([2H])c([2H])c([2H])c3[2H])c2-[n+]2[c-]n(-c3cc(Oc4ccc5c6ccccc6n(-c6cc(C(C)(C)C)ccn6)c5c4)cc(-c4cnc([N+]#[C-])nc4)c3)c3ccccc32)c([2H])c1[2H]. The number of nitrogens with zero attached hydrogens (tertiary/aromatic N) is 7. The fraction of sp³-hybridized carbons (Fsp3) is 0.0702. The van der Waals surface area contributed by atoms with Crippen LogP contribution >= 0.6 is 0 Å². The molecule has 7 aromatic carbocycles. The molecule has 11 aromatic rings. The van der Waals surface area contributed by atoms with Crippen molar-refractivity contribution in [2.24, 2.45) is 0 Å². The number of imidazole rings is 1. The number of para-hydroxylation sites is 4. The molecule has 0 aliphatic rings. The van der Waals surface area contributed by atoms with Crippen molar-refractivity contribution < 1.29 is 23.0 Å². The van der Waals surface area contributed by atoms with E-state index in [0.29, 0.717) is 39.3 Å². The van der Waals surface area contributed by atoms with Crippen LogP contribution in [0.5, 0.6) is 11.5 Å². The first-order chi connectivity index (χ1) is 35.9. The number of pyridine rings is 1. The summed E-state index contributed by atoms with van der Waals surface area (Å²) < 4.78 is 100. The van der Waals surface area contributed by atoms with Crippen molar-refractivity contribution in [2.45, 2.75) is 26.2 Å². The third-order valence-corrected chi connectivity index (χ3v) is 11.3. The van der Waals surface area contributed by atoms with Crippen molar-refractivity contribution in [3.63, 3.8) is 0 Å². The van der Waals surface area contributed by atoms with Crippen LogP contribution in [-0.4, -0.2) is 24.1 Å². The quantitative estimate of drug-likeness (QED) is 0.113. The smallest absolute Gasteiger partial charge is 0.371 e. The summed E-state index contributed by atoms with van der Waals surface area (Å²) in [7, 11) is 0. The van der Waals surface area contributed by atoms with Gasteiger partial charge in [0.15, 0.2) is 0 Å². The van der Waals surface area contributed by atoms with Gasteiger partial charge < -0.3 is 9.58 Å².